The number of thioether (sulfide) groups is 1. The highest BCUT2D eigenvalue weighted by molar-refractivity contribution is 8.01. The number of rotatable bonds is 8. The summed E-state index contributed by atoms with van der Waals surface area (Å²) in [5.74, 6) is -0.0106. The van der Waals surface area contributed by atoms with Gasteiger partial charge in [0.1, 0.15) is 4.75 Å². The summed E-state index contributed by atoms with van der Waals surface area (Å²) in [5, 5.41) is 9.38. The molecule has 1 aliphatic carbocycles. The first-order valence-corrected chi connectivity index (χ1v) is 14.7. The molecule has 3 fully saturated rings. The monoisotopic (exact) mass is 545 g/mol. The van der Waals surface area contributed by atoms with Crippen molar-refractivity contribution >= 4 is 29.5 Å². The number of hydrogen-bond donors (Lipinski definition) is 0. The highest BCUT2D eigenvalue weighted by atomic mass is 32.2. The molecule has 8 heteroatoms. The van der Waals surface area contributed by atoms with Crippen molar-refractivity contribution < 1.29 is 19.1 Å². The maximum Gasteiger partial charge on any atom is 0.309 e. The number of ether oxygens (including phenoxy) is 1. The third kappa shape index (κ3) is 5.69. The number of nitriles is 1. The summed E-state index contributed by atoms with van der Waals surface area (Å²) in [5.41, 5.74) is 2.54. The van der Waals surface area contributed by atoms with Crippen molar-refractivity contribution in [2.24, 2.45) is 11.8 Å². The van der Waals surface area contributed by atoms with Gasteiger partial charge in [0, 0.05) is 24.5 Å². The van der Waals surface area contributed by atoms with Gasteiger partial charge in [-0.25, -0.2) is 0 Å². The summed E-state index contributed by atoms with van der Waals surface area (Å²) in [6.07, 6.45) is 3.41. The Bertz CT molecular complexity index is 1260. The summed E-state index contributed by atoms with van der Waals surface area (Å²) in [6, 6.07) is 17.1. The Morgan fingerprint density at radius 2 is 1.72 bits per heavy atom. The molecule has 2 amide bonds. The van der Waals surface area contributed by atoms with Gasteiger partial charge in [0.05, 0.1) is 36.6 Å². The van der Waals surface area contributed by atoms with E-state index in [9.17, 15) is 19.6 Å². The number of carbonyl (C=O) groups excluding carboxylic acids is 3. The zero-order valence-electron chi connectivity index (χ0n) is 22.6. The van der Waals surface area contributed by atoms with Gasteiger partial charge in [-0.15, -0.1) is 11.8 Å². The molecule has 0 aromatic heterocycles. The summed E-state index contributed by atoms with van der Waals surface area (Å²) in [6.45, 7) is 5.72. The minimum atomic E-state index is -1.06. The van der Waals surface area contributed by atoms with Crippen molar-refractivity contribution in [3.05, 3.63) is 65.2 Å². The molecule has 2 saturated heterocycles. The number of amides is 2. The summed E-state index contributed by atoms with van der Waals surface area (Å²) < 4.78 is 4.17. The molecule has 2 unspecified atom stereocenters. The fourth-order valence-electron chi connectivity index (χ4n) is 5.78. The van der Waals surface area contributed by atoms with E-state index in [2.05, 4.69) is 6.07 Å². The van der Waals surface area contributed by atoms with Crippen molar-refractivity contribution in [3.63, 3.8) is 0 Å². The van der Waals surface area contributed by atoms with Crippen LogP contribution in [0.25, 0.3) is 0 Å². The average Bonchev–Trinajstić information content (AvgIpc) is 3.73. The number of piperidine rings is 1. The molecule has 2 heterocycles. The minimum absolute atomic E-state index is 0.00868. The molecule has 0 spiro atoms. The van der Waals surface area contributed by atoms with Gasteiger partial charge in [-0.05, 0) is 75.3 Å². The van der Waals surface area contributed by atoms with Gasteiger partial charge >= 0.3 is 5.97 Å². The van der Waals surface area contributed by atoms with E-state index in [0.29, 0.717) is 50.6 Å². The van der Waals surface area contributed by atoms with Gasteiger partial charge in [-0.2, -0.15) is 5.26 Å². The minimum Gasteiger partial charge on any atom is -0.466 e. The number of nitrogens with zero attached hydrogens (tertiary/aromatic N) is 3. The first kappa shape index (κ1) is 27.3. The van der Waals surface area contributed by atoms with Crippen LogP contribution in [-0.4, -0.2) is 58.6 Å². The number of esters is 1. The molecule has 2 atom stereocenters. The topological polar surface area (TPSA) is 90.7 Å². The molecule has 0 N–H and O–H groups in total. The predicted octanol–water partition coefficient (Wildman–Crippen LogP) is 4.88. The second kappa shape index (κ2) is 11.4. The molecule has 2 aliphatic heterocycles. The van der Waals surface area contributed by atoms with Crippen LogP contribution in [-0.2, 0) is 19.1 Å². The maximum absolute atomic E-state index is 14.7. The quantitative estimate of drug-likeness (QED) is 0.439. The van der Waals surface area contributed by atoms with Crippen molar-refractivity contribution in [2.45, 2.75) is 61.6 Å². The number of hydrogen-bond acceptors (Lipinski definition) is 6. The molecule has 0 bridgehead atoms. The van der Waals surface area contributed by atoms with Crippen LogP contribution in [0.3, 0.4) is 0 Å². The first-order chi connectivity index (χ1) is 18.8. The lowest BCUT2D eigenvalue weighted by Gasteiger charge is -2.41. The molecule has 204 valence electrons. The Morgan fingerprint density at radius 1 is 1.05 bits per heavy atom. The third-order valence-corrected chi connectivity index (χ3v) is 9.49. The molecule has 2 aromatic rings. The highest BCUT2D eigenvalue weighted by Gasteiger charge is 2.59. The third-order valence-electron chi connectivity index (χ3n) is 8.08. The summed E-state index contributed by atoms with van der Waals surface area (Å²) in [7, 11) is 0. The lowest BCUT2D eigenvalue weighted by molar-refractivity contribution is -0.151. The van der Waals surface area contributed by atoms with Crippen LogP contribution in [0.15, 0.2) is 53.4 Å². The van der Waals surface area contributed by atoms with Crippen molar-refractivity contribution in [3.8, 4) is 6.07 Å². The molecule has 2 aromatic carbocycles. The SMILES string of the molecule is CCOC(=O)C1CCN(C(=O)C2(Sc3ccc(C)cc3)CC(=O)N(CC3CC3)C2c2ccc(C#N)cc2)CC1. The van der Waals surface area contributed by atoms with Crippen LogP contribution < -0.4 is 0 Å². The number of carbonyl (C=O) groups is 3. The molecule has 39 heavy (non-hydrogen) atoms. The van der Waals surface area contributed by atoms with Crippen molar-refractivity contribution in [2.75, 3.05) is 26.2 Å². The number of aryl methyl sites for hydroxylation is 1. The van der Waals surface area contributed by atoms with E-state index in [1.165, 1.54) is 11.8 Å². The molecular formula is C31H35N3O4S. The molecule has 0 radical (unpaired) electrons. The standard InChI is InChI=1S/C31H35N3O4S/c1-3-38-29(36)25-14-16-33(17-15-25)30(37)31(39-26-12-4-21(2)5-13-26)18-27(35)34(20-23-6-7-23)28(31)24-10-8-22(19-32)9-11-24/h4-5,8-13,23,25,28H,3,6-7,14-18,20H2,1-2H3. The fourth-order valence-corrected chi connectivity index (χ4v) is 7.26. The van der Waals surface area contributed by atoms with E-state index in [1.54, 1.807) is 19.1 Å². The molecule has 3 aliphatic rings. The Labute approximate surface area is 234 Å². The van der Waals surface area contributed by atoms with Crippen LogP contribution in [0.2, 0.25) is 0 Å². The zero-order chi connectivity index (χ0) is 27.6. The Kier molecular flexibility index (Phi) is 7.99. The van der Waals surface area contributed by atoms with Crippen LogP contribution in [0.5, 0.6) is 0 Å². The van der Waals surface area contributed by atoms with Gasteiger partial charge < -0.3 is 14.5 Å². The first-order valence-electron chi connectivity index (χ1n) is 13.9. The Balaban J connectivity index is 1.53. The predicted molar refractivity (Wildman–Crippen MR) is 149 cm³/mol. The van der Waals surface area contributed by atoms with Gasteiger partial charge in [-0.1, -0.05) is 29.8 Å². The van der Waals surface area contributed by atoms with Crippen molar-refractivity contribution in [1.29, 1.82) is 5.26 Å². The molecular weight excluding hydrogens is 510 g/mol. The van der Waals surface area contributed by atoms with Gasteiger partial charge in [0.25, 0.3) is 0 Å². The highest BCUT2D eigenvalue weighted by Crippen LogP contribution is 2.54. The van der Waals surface area contributed by atoms with E-state index >= 15 is 0 Å². The van der Waals surface area contributed by atoms with E-state index in [-0.39, 0.29) is 30.1 Å². The zero-order valence-corrected chi connectivity index (χ0v) is 23.4. The molecule has 1 saturated carbocycles. The lowest BCUT2D eigenvalue weighted by Crippen LogP contribution is -2.52. The van der Waals surface area contributed by atoms with E-state index < -0.39 is 10.8 Å². The lowest BCUT2D eigenvalue weighted by atomic mass is 9.89. The molecule has 7 nitrogen and oxygen atoms in total. The average molecular weight is 546 g/mol. The van der Waals surface area contributed by atoms with E-state index in [0.717, 1.165) is 28.9 Å². The number of likely N-dealkylation sites (tertiary alicyclic amines) is 2. The summed E-state index contributed by atoms with van der Waals surface area (Å²) >= 11 is 1.48. The second-order valence-corrected chi connectivity index (χ2v) is 12.3. The fraction of sp³-hybridized carbons (Fsp3) is 0.484. The van der Waals surface area contributed by atoms with Crippen LogP contribution in [0, 0.1) is 30.1 Å². The van der Waals surface area contributed by atoms with Crippen LogP contribution in [0.1, 0.15) is 61.8 Å². The Morgan fingerprint density at radius 3 is 2.31 bits per heavy atom. The van der Waals surface area contributed by atoms with Gasteiger partial charge in [0.15, 0.2) is 0 Å². The normalized spacial score (nSPS) is 23.5. The van der Waals surface area contributed by atoms with Crippen LogP contribution in [0.4, 0.5) is 0 Å². The van der Waals surface area contributed by atoms with Crippen molar-refractivity contribution in [1.82, 2.24) is 9.80 Å². The largest absolute Gasteiger partial charge is 0.466 e. The van der Waals surface area contributed by atoms with E-state index in [4.69, 9.17) is 4.74 Å². The van der Waals surface area contributed by atoms with Gasteiger partial charge in [0.2, 0.25) is 11.8 Å². The summed E-state index contributed by atoms with van der Waals surface area (Å²) in [4.78, 5) is 45.4. The Hall–Kier alpha value is -3.31. The number of benzene rings is 2. The molecule has 5 rings (SSSR count). The van der Waals surface area contributed by atoms with E-state index in [1.807, 2.05) is 53.1 Å². The smallest absolute Gasteiger partial charge is 0.309 e. The maximum atomic E-state index is 14.7. The second-order valence-electron chi connectivity index (χ2n) is 10.9. The van der Waals surface area contributed by atoms with Crippen LogP contribution >= 0.6 is 11.8 Å². The van der Waals surface area contributed by atoms with Gasteiger partial charge in [-0.3, -0.25) is 14.4 Å².